The van der Waals surface area contributed by atoms with Crippen molar-refractivity contribution < 1.29 is 4.79 Å². The Morgan fingerprint density at radius 2 is 1.95 bits per heavy atom. The van der Waals surface area contributed by atoms with Crippen LogP contribution in [0.15, 0.2) is 30.3 Å². The Kier molecular flexibility index (Phi) is 6.50. The molecule has 0 fully saturated rings. The number of benzene rings is 1. The van der Waals surface area contributed by atoms with Crippen LogP contribution in [0, 0.1) is 0 Å². The van der Waals surface area contributed by atoms with E-state index in [9.17, 15) is 4.79 Å². The average Bonchev–Trinajstić information content (AvgIpc) is 2.39. The fourth-order valence-electron chi connectivity index (χ4n) is 2.10. The molecule has 2 unspecified atom stereocenters. The van der Waals surface area contributed by atoms with E-state index < -0.39 is 5.92 Å². The number of nitrogens with two attached hydrogens (primary N) is 1. The summed E-state index contributed by atoms with van der Waals surface area (Å²) in [5.41, 5.74) is 6.58. The highest BCUT2D eigenvalue weighted by atomic mass is 32.1. The zero-order chi connectivity index (χ0) is 14.3. The Labute approximate surface area is 120 Å². The number of carbonyl (C=O) groups is 1. The molecule has 1 rings (SSSR count). The fourth-order valence-corrected chi connectivity index (χ4v) is 2.34. The van der Waals surface area contributed by atoms with Crippen molar-refractivity contribution in [3.8, 4) is 0 Å². The van der Waals surface area contributed by atoms with Gasteiger partial charge in [0, 0.05) is 6.04 Å². The standard InChI is InChI=1S/C15H22N2OS/c1-3-8-12(4-2)17-15(18)13(14(16)19)11-9-6-5-7-10-11/h5-7,9-10,12-13H,3-4,8H2,1-2H3,(H2,16,19)(H,17,18). The zero-order valence-electron chi connectivity index (χ0n) is 11.6. The Bertz CT molecular complexity index is 419. The second-order valence-electron chi connectivity index (χ2n) is 4.65. The molecule has 0 radical (unpaired) electrons. The van der Waals surface area contributed by atoms with E-state index in [2.05, 4.69) is 19.2 Å². The first-order valence-electron chi connectivity index (χ1n) is 6.74. The van der Waals surface area contributed by atoms with Gasteiger partial charge in [-0.2, -0.15) is 0 Å². The summed E-state index contributed by atoms with van der Waals surface area (Å²) in [5, 5.41) is 3.04. The molecule has 0 saturated heterocycles. The zero-order valence-corrected chi connectivity index (χ0v) is 12.4. The van der Waals surface area contributed by atoms with Gasteiger partial charge in [0.1, 0.15) is 5.92 Å². The Morgan fingerprint density at radius 1 is 1.32 bits per heavy atom. The van der Waals surface area contributed by atoms with E-state index in [0.717, 1.165) is 24.8 Å². The molecular formula is C15H22N2OS. The lowest BCUT2D eigenvalue weighted by molar-refractivity contribution is -0.121. The first-order chi connectivity index (χ1) is 9.10. The van der Waals surface area contributed by atoms with Crippen molar-refractivity contribution in [1.29, 1.82) is 0 Å². The highest BCUT2D eigenvalue weighted by Crippen LogP contribution is 2.17. The number of hydrogen-bond acceptors (Lipinski definition) is 2. The normalized spacial score (nSPS) is 13.6. The maximum Gasteiger partial charge on any atom is 0.234 e. The van der Waals surface area contributed by atoms with Crippen LogP contribution in [0.3, 0.4) is 0 Å². The van der Waals surface area contributed by atoms with Crippen molar-refractivity contribution in [2.24, 2.45) is 5.73 Å². The number of amides is 1. The third-order valence-corrected chi connectivity index (χ3v) is 3.39. The van der Waals surface area contributed by atoms with E-state index in [-0.39, 0.29) is 16.9 Å². The van der Waals surface area contributed by atoms with Crippen molar-refractivity contribution in [2.75, 3.05) is 0 Å². The van der Waals surface area contributed by atoms with Crippen molar-refractivity contribution >= 4 is 23.1 Å². The molecule has 3 N–H and O–H groups in total. The van der Waals surface area contributed by atoms with Crippen LogP contribution in [0.5, 0.6) is 0 Å². The summed E-state index contributed by atoms with van der Waals surface area (Å²) < 4.78 is 0. The SMILES string of the molecule is CCCC(CC)NC(=O)C(C(N)=S)c1ccccc1. The predicted molar refractivity (Wildman–Crippen MR) is 83.1 cm³/mol. The van der Waals surface area contributed by atoms with E-state index >= 15 is 0 Å². The quantitative estimate of drug-likeness (QED) is 0.754. The maximum atomic E-state index is 12.4. The van der Waals surface area contributed by atoms with Crippen molar-refractivity contribution in [2.45, 2.75) is 45.1 Å². The molecule has 0 saturated carbocycles. The van der Waals surface area contributed by atoms with E-state index in [1.165, 1.54) is 0 Å². The van der Waals surface area contributed by atoms with Gasteiger partial charge in [-0.1, -0.05) is 62.8 Å². The number of hydrogen-bond donors (Lipinski definition) is 2. The second-order valence-corrected chi connectivity index (χ2v) is 5.12. The van der Waals surface area contributed by atoms with Gasteiger partial charge in [0.25, 0.3) is 0 Å². The largest absolute Gasteiger partial charge is 0.392 e. The molecule has 1 aromatic rings. The number of rotatable bonds is 7. The third kappa shape index (κ3) is 4.63. The lowest BCUT2D eigenvalue weighted by Crippen LogP contribution is -2.41. The third-order valence-electron chi connectivity index (χ3n) is 3.16. The molecule has 0 aliphatic carbocycles. The molecule has 0 aliphatic rings. The van der Waals surface area contributed by atoms with Crippen molar-refractivity contribution in [3.63, 3.8) is 0 Å². The number of nitrogens with one attached hydrogen (secondary N) is 1. The lowest BCUT2D eigenvalue weighted by atomic mass is 9.97. The lowest BCUT2D eigenvalue weighted by Gasteiger charge is -2.21. The Morgan fingerprint density at radius 3 is 2.42 bits per heavy atom. The summed E-state index contributed by atoms with van der Waals surface area (Å²) in [6.07, 6.45) is 2.93. The van der Waals surface area contributed by atoms with Crippen LogP contribution in [0.1, 0.15) is 44.6 Å². The van der Waals surface area contributed by atoms with Crippen molar-refractivity contribution in [1.82, 2.24) is 5.32 Å². The molecule has 4 heteroatoms. The molecule has 1 aromatic carbocycles. The van der Waals surface area contributed by atoms with Gasteiger partial charge in [-0.05, 0) is 18.4 Å². The summed E-state index contributed by atoms with van der Waals surface area (Å²) in [5.74, 6) is -0.638. The molecule has 1 amide bonds. The summed E-state index contributed by atoms with van der Waals surface area (Å²) >= 11 is 5.05. The summed E-state index contributed by atoms with van der Waals surface area (Å²) in [4.78, 5) is 12.6. The van der Waals surface area contributed by atoms with E-state index in [1.54, 1.807) is 0 Å². The minimum absolute atomic E-state index is 0.0981. The maximum absolute atomic E-state index is 12.4. The molecule has 0 aliphatic heterocycles. The summed E-state index contributed by atoms with van der Waals surface area (Å²) in [6.45, 7) is 4.18. The Hall–Kier alpha value is -1.42. The molecule has 0 spiro atoms. The predicted octanol–water partition coefficient (Wildman–Crippen LogP) is 2.75. The topological polar surface area (TPSA) is 55.1 Å². The van der Waals surface area contributed by atoms with E-state index in [1.807, 2.05) is 30.3 Å². The fraction of sp³-hybridized carbons (Fsp3) is 0.467. The van der Waals surface area contributed by atoms with Crippen LogP contribution < -0.4 is 11.1 Å². The average molecular weight is 278 g/mol. The molecular weight excluding hydrogens is 256 g/mol. The van der Waals surface area contributed by atoms with Crippen LogP contribution in [0.2, 0.25) is 0 Å². The van der Waals surface area contributed by atoms with Crippen LogP contribution in [-0.2, 0) is 4.79 Å². The highest BCUT2D eigenvalue weighted by Gasteiger charge is 2.24. The minimum Gasteiger partial charge on any atom is -0.392 e. The smallest absolute Gasteiger partial charge is 0.234 e. The molecule has 0 bridgehead atoms. The molecule has 2 atom stereocenters. The van der Waals surface area contributed by atoms with Gasteiger partial charge in [0.05, 0.1) is 4.99 Å². The molecule has 3 nitrogen and oxygen atoms in total. The van der Waals surface area contributed by atoms with E-state index in [4.69, 9.17) is 18.0 Å². The van der Waals surface area contributed by atoms with Crippen LogP contribution >= 0.6 is 12.2 Å². The highest BCUT2D eigenvalue weighted by molar-refractivity contribution is 7.80. The molecule has 19 heavy (non-hydrogen) atoms. The molecule has 104 valence electrons. The van der Waals surface area contributed by atoms with Gasteiger partial charge < -0.3 is 11.1 Å². The first-order valence-corrected chi connectivity index (χ1v) is 7.15. The van der Waals surface area contributed by atoms with Gasteiger partial charge in [-0.15, -0.1) is 0 Å². The van der Waals surface area contributed by atoms with Crippen LogP contribution in [-0.4, -0.2) is 16.9 Å². The molecule has 0 heterocycles. The van der Waals surface area contributed by atoms with Gasteiger partial charge in [0.2, 0.25) is 5.91 Å². The van der Waals surface area contributed by atoms with Crippen LogP contribution in [0.25, 0.3) is 0 Å². The first kappa shape index (κ1) is 15.6. The van der Waals surface area contributed by atoms with E-state index in [0.29, 0.717) is 0 Å². The number of thiocarbonyl (C=S) groups is 1. The monoisotopic (exact) mass is 278 g/mol. The minimum atomic E-state index is -0.540. The van der Waals surface area contributed by atoms with Crippen molar-refractivity contribution in [3.05, 3.63) is 35.9 Å². The Balaban J connectivity index is 2.83. The van der Waals surface area contributed by atoms with Crippen LogP contribution in [0.4, 0.5) is 0 Å². The van der Waals surface area contributed by atoms with Gasteiger partial charge in [0.15, 0.2) is 0 Å². The van der Waals surface area contributed by atoms with Gasteiger partial charge in [-0.3, -0.25) is 4.79 Å². The molecule has 0 aromatic heterocycles. The van der Waals surface area contributed by atoms with Gasteiger partial charge >= 0.3 is 0 Å². The van der Waals surface area contributed by atoms with Gasteiger partial charge in [-0.25, -0.2) is 0 Å². The second kappa shape index (κ2) is 7.89. The number of carbonyl (C=O) groups excluding carboxylic acids is 1. The summed E-state index contributed by atoms with van der Waals surface area (Å²) in [6, 6.07) is 9.63. The summed E-state index contributed by atoms with van der Waals surface area (Å²) in [7, 11) is 0.